The first-order valence-electron chi connectivity index (χ1n) is 9.20. The van der Waals surface area contributed by atoms with Crippen LogP contribution in [0.25, 0.3) is 11.5 Å². The summed E-state index contributed by atoms with van der Waals surface area (Å²) in [7, 11) is 1.87. The van der Waals surface area contributed by atoms with E-state index in [4.69, 9.17) is 4.42 Å². The maximum Gasteiger partial charge on any atom is 0.155 e. The van der Waals surface area contributed by atoms with Crippen molar-refractivity contribution in [2.45, 2.75) is 25.7 Å². The first-order chi connectivity index (χ1) is 13.7. The van der Waals surface area contributed by atoms with Gasteiger partial charge in [0.25, 0.3) is 0 Å². The monoisotopic (exact) mass is 379 g/mol. The average Bonchev–Trinajstić information content (AvgIpc) is 3.47. The largest absolute Gasteiger partial charge is 0.458 e. The number of hydrogen-bond donors (Lipinski definition) is 2. The Bertz CT molecular complexity index is 1080. The van der Waals surface area contributed by atoms with Gasteiger partial charge in [0.05, 0.1) is 24.5 Å². The molecule has 0 aromatic carbocycles. The molecule has 144 valence electrons. The minimum atomic E-state index is -0.825. The molecule has 0 aliphatic carbocycles. The number of aryl methyl sites for hydroxylation is 1. The van der Waals surface area contributed by atoms with Crippen LogP contribution in [0.4, 0.5) is 0 Å². The standard InChI is InChI=1S/C19H21N7O2/c1-24-7-6-20-19(24)18(27)16-10-13-11-25(8-9-26(13)23-16)12-14-2-3-17(28-14)15-4-5-21-22-15/h2-7,10,18,27H,8-9,11-12H2,1H3,(H,21,22). The molecule has 0 radical (unpaired) electrons. The number of hydrogen-bond acceptors (Lipinski definition) is 6. The molecule has 28 heavy (non-hydrogen) atoms. The molecule has 5 heterocycles. The van der Waals surface area contributed by atoms with Crippen LogP contribution in [-0.2, 0) is 26.7 Å². The molecule has 0 spiro atoms. The van der Waals surface area contributed by atoms with Crippen molar-refractivity contribution in [1.29, 1.82) is 0 Å². The van der Waals surface area contributed by atoms with E-state index in [1.807, 2.05) is 46.8 Å². The zero-order chi connectivity index (χ0) is 19.1. The van der Waals surface area contributed by atoms with Crippen molar-refractivity contribution in [2.24, 2.45) is 7.05 Å². The van der Waals surface area contributed by atoms with E-state index in [2.05, 4.69) is 25.2 Å². The van der Waals surface area contributed by atoms with Gasteiger partial charge in [-0.3, -0.25) is 14.7 Å². The number of aliphatic hydroxyl groups excluding tert-OH is 1. The van der Waals surface area contributed by atoms with E-state index in [-0.39, 0.29) is 0 Å². The second-order valence-corrected chi connectivity index (χ2v) is 7.03. The molecule has 0 saturated heterocycles. The van der Waals surface area contributed by atoms with Crippen LogP contribution in [0.3, 0.4) is 0 Å². The number of nitrogens with one attached hydrogen (secondary N) is 1. The van der Waals surface area contributed by atoms with Crippen molar-refractivity contribution in [3.05, 3.63) is 65.8 Å². The molecule has 0 amide bonds. The smallest absolute Gasteiger partial charge is 0.155 e. The summed E-state index contributed by atoms with van der Waals surface area (Å²) in [5, 5.41) is 22.1. The number of rotatable bonds is 5. The third-order valence-electron chi connectivity index (χ3n) is 5.09. The molecule has 0 fully saturated rings. The molecule has 2 N–H and O–H groups in total. The topological polar surface area (TPSA) is 101 Å². The molecule has 9 heteroatoms. The maximum absolute atomic E-state index is 10.6. The highest BCUT2D eigenvalue weighted by Crippen LogP contribution is 2.25. The summed E-state index contributed by atoms with van der Waals surface area (Å²) in [5.74, 6) is 2.29. The molecule has 4 aromatic rings. The van der Waals surface area contributed by atoms with Gasteiger partial charge in [-0.05, 0) is 24.3 Å². The summed E-state index contributed by atoms with van der Waals surface area (Å²) in [5.41, 5.74) is 2.58. The van der Waals surface area contributed by atoms with Crippen molar-refractivity contribution in [2.75, 3.05) is 6.54 Å². The molecule has 0 bridgehead atoms. The predicted molar refractivity (Wildman–Crippen MR) is 99.9 cm³/mol. The van der Waals surface area contributed by atoms with Crippen LogP contribution in [0.2, 0.25) is 0 Å². The number of imidazole rings is 1. The van der Waals surface area contributed by atoms with Crippen molar-refractivity contribution in [1.82, 2.24) is 34.4 Å². The van der Waals surface area contributed by atoms with E-state index in [0.717, 1.165) is 49.1 Å². The van der Waals surface area contributed by atoms with E-state index in [1.165, 1.54) is 0 Å². The van der Waals surface area contributed by atoms with Crippen molar-refractivity contribution in [3.8, 4) is 11.5 Å². The summed E-state index contributed by atoms with van der Waals surface area (Å²) >= 11 is 0. The number of aromatic nitrogens is 6. The zero-order valence-corrected chi connectivity index (χ0v) is 15.5. The van der Waals surface area contributed by atoms with Gasteiger partial charge >= 0.3 is 0 Å². The van der Waals surface area contributed by atoms with Gasteiger partial charge in [0.1, 0.15) is 17.3 Å². The van der Waals surface area contributed by atoms with E-state index in [9.17, 15) is 5.11 Å². The Morgan fingerprint density at radius 1 is 1.25 bits per heavy atom. The lowest BCUT2D eigenvalue weighted by Crippen LogP contribution is -2.33. The Hall–Kier alpha value is -3.17. The number of fused-ring (bicyclic) bond motifs is 1. The Morgan fingerprint density at radius 3 is 2.96 bits per heavy atom. The SMILES string of the molecule is Cn1ccnc1C(O)c1cc2n(n1)CCN(Cc1ccc(-c3ccn[nH]3)o1)C2. The third kappa shape index (κ3) is 3.04. The lowest BCUT2D eigenvalue weighted by Gasteiger charge is -2.26. The first-order valence-corrected chi connectivity index (χ1v) is 9.20. The normalized spacial score (nSPS) is 15.6. The van der Waals surface area contributed by atoms with Crippen molar-refractivity contribution < 1.29 is 9.52 Å². The van der Waals surface area contributed by atoms with Crippen LogP contribution in [0.1, 0.15) is 29.1 Å². The van der Waals surface area contributed by atoms with Crippen LogP contribution in [0, 0.1) is 0 Å². The Labute approximate surface area is 161 Å². The molecule has 1 aliphatic heterocycles. The molecule has 1 unspecified atom stereocenters. The second kappa shape index (κ2) is 6.77. The highest BCUT2D eigenvalue weighted by atomic mass is 16.3. The molecule has 4 aromatic heterocycles. The molecule has 1 aliphatic rings. The van der Waals surface area contributed by atoms with Crippen molar-refractivity contribution >= 4 is 0 Å². The summed E-state index contributed by atoms with van der Waals surface area (Å²) < 4.78 is 9.72. The van der Waals surface area contributed by atoms with E-state index in [1.54, 1.807) is 12.4 Å². The fraction of sp³-hybridized carbons (Fsp3) is 0.316. The number of aromatic amines is 1. The zero-order valence-electron chi connectivity index (χ0n) is 15.5. The van der Waals surface area contributed by atoms with Crippen LogP contribution >= 0.6 is 0 Å². The summed E-state index contributed by atoms with van der Waals surface area (Å²) in [4.78, 5) is 6.54. The summed E-state index contributed by atoms with van der Waals surface area (Å²) in [6, 6.07) is 7.80. The van der Waals surface area contributed by atoms with E-state index < -0.39 is 6.10 Å². The average molecular weight is 379 g/mol. The quantitative estimate of drug-likeness (QED) is 0.547. The maximum atomic E-state index is 10.6. The molecule has 1 atom stereocenters. The fourth-order valence-corrected chi connectivity index (χ4v) is 3.61. The third-order valence-corrected chi connectivity index (χ3v) is 5.09. The van der Waals surface area contributed by atoms with E-state index >= 15 is 0 Å². The minimum absolute atomic E-state index is 0.592. The van der Waals surface area contributed by atoms with Gasteiger partial charge in [0, 0.05) is 38.7 Å². The van der Waals surface area contributed by atoms with Crippen LogP contribution in [-0.4, -0.2) is 46.1 Å². The lowest BCUT2D eigenvalue weighted by molar-refractivity contribution is 0.187. The van der Waals surface area contributed by atoms with Gasteiger partial charge < -0.3 is 14.1 Å². The van der Waals surface area contributed by atoms with Gasteiger partial charge in [-0.15, -0.1) is 0 Å². The number of nitrogens with zero attached hydrogens (tertiary/aromatic N) is 6. The van der Waals surface area contributed by atoms with Crippen LogP contribution in [0.15, 0.2) is 47.3 Å². The highest BCUT2D eigenvalue weighted by Gasteiger charge is 2.24. The van der Waals surface area contributed by atoms with E-state index in [0.29, 0.717) is 11.5 Å². The van der Waals surface area contributed by atoms with Gasteiger partial charge in [0.2, 0.25) is 0 Å². The fourth-order valence-electron chi connectivity index (χ4n) is 3.61. The number of furan rings is 1. The molecule has 9 nitrogen and oxygen atoms in total. The number of H-pyrrole nitrogens is 1. The molecular weight excluding hydrogens is 358 g/mol. The summed E-state index contributed by atoms with van der Waals surface area (Å²) in [6.45, 7) is 3.11. The Morgan fingerprint density at radius 2 is 2.18 bits per heavy atom. The van der Waals surface area contributed by atoms with Gasteiger partial charge in [-0.2, -0.15) is 10.2 Å². The van der Waals surface area contributed by atoms with Gasteiger partial charge in [-0.25, -0.2) is 4.98 Å². The minimum Gasteiger partial charge on any atom is -0.458 e. The highest BCUT2D eigenvalue weighted by molar-refractivity contribution is 5.51. The van der Waals surface area contributed by atoms with Crippen LogP contribution < -0.4 is 0 Å². The van der Waals surface area contributed by atoms with Gasteiger partial charge in [-0.1, -0.05) is 0 Å². The van der Waals surface area contributed by atoms with Crippen LogP contribution in [0.5, 0.6) is 0 Å². The van der Waals surface area contributed by atoms with Gasteiger partial charge in [0.15, 0.2) is 11.9 Å². The molecular formula is C19H21N7O2. The first kappa shape index (κ1) is 17.0. The Balaban J connectivity index is 1.29. The Kier molecular flexibility index (Phi) is 4.10. The number of aliphatic hydroxyl groups is 1. The molecule has 0 saturated carbocycles. The van der Waals surface area contributed by atoms with Crippen molar-refractivity contribution in [3.63, 3.8) is 0 Å². The second-order valence-electron chi connectivity index (χ2n) is 7.03. The predicted octanol–water partition coefficient (Wildman–Crippen LogP) is 1.70. The molecule has 5 rings (SSSR count). The summed E-state index contributed by atoms with van der Waals surface area (Å²) in [6.07, 6.45) is 4.38. The lowest BCUT2D eigenvalue weighted by atomic mass is 10.2.